The molecule has 0 unspecified atom stereocenters. The smallest absolute Gasteiger partial charge is 0.417 e. The van der Waals surface area contributed by atoms with E-state index in [1.807, 2.05) is 0 Å². The number of ether oxygens (including phenoxy) is 2. The van der Waals surface area contributed by atoms with E-state index in [1.54, 1.807) is 18.2 Å². The van der Waals surface area contributed by atoms with Crippen LogP contribution in [0.25, 0.3) is 0 Å². The molecule has 6 nitrogen and oxygen atoms in total. The maximum Gasteiger partial charge on any atom is 0.417 e. The molecule has 9 heteroatoms. The Balaban J connectivity index is 1.37. The van der Waals surface area contributed by atoms with Gasteiger partial charge in [0.25, 0.3) is 5.91 Å². The van der Waals surface area contributed by atoms with Crippen molar-refractivity contribution in [2.45, 2.75) is 19.0 Å². The molecule has 0 aromatic heterocycles. The van der Waals surface area contributed by atoms with Gasteiger partial charge in [-0.05, 0) is 37.1 Å². The van der Waals surface area contributed by atoms with E-state index in [0.717, 1.165) is 6.07 Å². The van der Waals surface area contributed by atoms with E-state index in [9.17, 15) is 22.8 Å². The molecule has 158 valence electrons. The third-order valence-electron chi connectivity index (χ3n) is 5.26. The first-order chi connectivity index (χ1) is 14.3. The molecule has 0 spiro atoms. The van der Waals surface area contributed by atoms with Crippen LogP contribution in [0.5, 0.6) is 11.5 Å². The van der Waals surface area contributed by atoms with Crippen LogP contribution < -0.4 is 14.8 Å². The maximum absolute atomic E-state index is 13.2. The van der Waals surface area contributed by atoms with Crippen molar-refractivity contribution in [1.82, 2.24) is 4.90 Å². The van der Waals surface area contributed by atoms with Crippen LogP contribution >= 0.6 is 0 Å². The zero-order valence-electron chi connectivity index (χ0n) is 15.9. The minimum absolute atomic E-state index is 0.136. The van der Waals surface area contributed by atoms with Gasteiger partial charge in [0.05, 0.1) is 11.1 Å². The number of piperidine rings is 1. The molecule has 2 aliphatic heterocycles. The number of halogens is 3. The molecular weight excluding hydrogens is 401 g/mol. The Morgan fingerprint density at radius 1 is 1.00 bits per heavy atom. The molecule has 2 amide bonds. The quantitative estimate of drug-likeness (QED) is 0.817. The summed E-state index contributed by atoms with van der Waals surface area (Å²) in [6, 6.07) is 9.84. The third-order valence-corrected chi connectivity index (χ3v) is 5.26. The fourth-order valence-corrected chi connectivity index (χ4v) is 3.65. The van der Waals surface area contributed by atoms with Crippen LogP contribution in [0.15, 0.2) is 42.5 Å². The standard InChI is InChI=1S/C21H19F3N2O4/c22-21(23,24)16-4-2-1-3-15(16)20(28)26-9-7-13(8-10-26)19(27)25-14-5-6-17-18(11-14)30-12-29-17/h1-6,11,13H,7-10,12H2,(H,25,27). The molecule has 0 bridgehead atoms. The average molecular weight is 420 g/mol. The highest BCUT2D eigenvalue weighted by Crippen LogP contribution is 2.35. The summed E-state index contributed by atoms with van der Waals surface area (Å²) < 4.78 is 50.1. The van der Waals surface area contributed by atoms with Gasteiger partial charge in [-0.3, -0.25) is 9.59 Å². The van der Waals surface area contributed by atoms with E-state index in [-0.39, 0.29) is 37.3 Å². The maximum atomic E-state index is 13.2. The van der Waals surface area contributed by atoms with E-state index in [1.165, 1.54) is 23.1 Å². The Kier molecular flexibility index (Phi) is 5.27. The van der Waals surface area contributed by atoms with E-state index < -0.39 is 17.6 Å². The Morgan fingerprint density at radius 3 is 2.43 bits per heavy atom. The first kappa shape index (κ1) is 20.1. The number of amides is 2. The highest BCUT2D eigenvalue weighted by molar-refractivity contribution is 5.96. The van der Waals surface area contributed by atoms with Crippen molar-refractivity contribution in [3.63, 3.8) is 0 Å². The molecule has 0 aliphatic carbocycles. The first-order valence-electron chi connectivity index (χ1n) is 9.49. The van der Waals surface area contributed by atoms with E-state index in [0.29, 0.717) is 30.0 Å². The molecule has 2 aromatic carbocycles. The number of fused-ring (bicyclic) bond motifs is 1. The highest BCUT2D eigenvalue weighted by atomic mass is 19.4. The van der Waals surface area contributed by atoms with Crippen LogP contribution in [-0.2, 0) is 11.0 Å². The van der Waals surface area contributed by atoms with Gasteiger partial charge < -0.3 is 19.7 Å². The lowest BCUT2D eigenvalue weighted by Crippen LogP contribution is -2.42. The molecule has 2 aromatic rings. The topological polar surface area (TPSA) is 67.9 Å². The fraction of sp³-hybridized carbons (Fsp3) is 0.333. The number of rotatable bonds is 3. The van der Waals surface area contributed by atoms with Crippen molar-refractivity contribution in [2.24, 2.45) is 5.92 Å². The number of hydrogen-bond donors (Lipinski definition) is 1. The zero-order chi connectivity index (χ0) is 21.3. The normalized spacial score (nSPS) is 16.4. The molecule has 0 radical (unpaired) electrons. The second-order valence-corrected chi connectivity index (χ2v) is 7.17. The second kappa shape index (κ2) is 7.89. The van der Waals surface area contributed by atoms with Gasteiger partial charge in [0.15, 0.2) is 11.5 Å². The molecule has 0 saturated carbocycles. The van der Waals surface area contributed by atoms with Gasteiger partial charge in [0.1, 0.15) is 0 Å². The molecule has 2 heterocycles. The van der Waals surface area contributed by atoms with E-state index in [4.69, 9.17) is 9.47 Å². The van der Waals surface area contributed by atoms with Gasteiger partial charge in [-0.25, -0.2) is 0 Å². The molecule has 4 rings (SSSR count). The monoisotopic (exact) mass is 420 g/mol. The number of likely N-dealkylation sites (tertiary alicyclic amines) is 1. The summed E-state index contributed by atoms with van der Waals surface area (Å²) >= 11 is 0. The SMILES string of the molecule is O=C(Nc1ccc2c(c1)OCO2)C1CCN(C(=O)c2ccccc2C(F)(F)F)CC1. The molecular formula is C21H19F3N2O4. The summed E-state index contributed by atoms with van der Waals surface area (Å²) in [5.41, 5.74) is -0.743. The van der Waals surface area contributed by atoms with Gasteiger partial charge >= 0.3 is 6.18 Å². The predicted octanol–water partition coefficient (Wildman–Crippen LogP) is 3.93. The summed E-state index contributed by atoms with van der Waals surface area (Å²) in [7, 11) is 0. The number of nitrogens with zero attached hydrogens (tertiary/aromatic N) is 1. The van der Waals surface area contributed by atoms with Crippen molar-refractivity contribution in [1.29, 1.82) is 0 Å². The summed E-state index contributed by atoms with van der Waals surface area (Å²) in [5, 5.41) is 2.82. The molecule has 1 fully saturated rings. The molecule has 30 heavy (non-hydrogen) atoms. The Labute approximate surface area is 170 Å². The van der Waals surface area contributed by atoms with Gasteiger partial charge in [0.2, 0.25) is 12.7 Å². The van der Waals surface area contributed by atoms with Crippen molar-refractivity contribution < 1.29 is 32.2 Å². The van der Waals surface area contributed by atoms with Gasteiger partial charge in [0, 0.05) is 30.8 Å². The van der Waals surface area contributed by atoms with Crippen LogP contribution in [-0.4, -0.2) is 36.6 Å². The third kappa shape index (κ3) is 4.05. The summed E-state index contributed by atoms with van der Waals surface area (Å²) in [6.45, 7) is 0.561. The van der Waals surface area contributed by atoms with Crippen molar-refractivity contribution >= 4 is 17.5 Å². The lowest BCUT2D eigenvalue weighted by Gasteiger charge is -2.32. The van der Waals surface area contributed by atoms with Crippen molar-refractivity contribution in [3.8, 4) is 11.5 Å². The van der Waals surface area contributed by atoms with Gasteiger partial charge in [-0.1, -0.05) is 12.1 Å². The summed E-state index contributed by atoms with van der Waals surface area (Å²) in [4.78, 5) is 26.6. The van der Waals surface area contributed by atoms with Crippen molar-refractivity contribution in [2.75, 3.05) is 25.2 Å². The number of benzene rings is 2. The minimum Gasteiger partial charge on any atom is -0.454 e. The largest absolute Gasteiger partial charge is 0.454 e. The van der Waals surface area contributed by atoms with Crippen LogP contribution in [0.2, 0.25) is 0 Å². The van der Waals surface area contributed by atoms with E-state index >= 15 is 0 Å². The number of carbonyl (C=O) groups excluding carboxylic acids is 2. The van der Waals surface area contributed by atoms with Gasteiger partial charge in [-0.2, -0.15) is 13.2 Å². The van der Waals surface area contributed by atoms with Crippen LogP contribution in [0.3, 0.4) is 0 Å². The van der Waals surface area contributed by atoms with Crippen LogP contribution in [0, 0.1) is 5.92 Å². The van der Waals surface area contributed by atoms with E-state index in [2.05, 4.69) is 5.32 Å². The Hall–Kier alpha value is -3.23. The lowest BCUT2D eigenvalue weighted by atomic mass is 9.94. The number of hydrogen-bond acceptors (Lipinski definition) is 4. The Morgan fingerprint density at radius 2 is 1.70 bits per heavy atom. The number of carbonyl (C=O) groups is 2. The second-order valence-electron chi connectivity index (χ2n) is 7.17. The van der Waals surface area contributed by atoms with Crippen molar-refractivity contribution in [3.05, 3.63) is 53.6 Å². The first-order valence-corrected chi connectivity index (χ1v) is 9.49. The molecule has 0 atom stereocenters. The summed E-state index contributed by atoms with van der Waals surface area (Å²) in [5.74, 6) is -0.0398. The number of anilines is 1. The van der Waals surface area contributed by atoms with Gasteiger partial charge in [-0.15, -0.1) is 0 Å². The summed E-state index contributed by atoms with van der Waals surface area (Å²) in [6.07, 6.45) is -3.86. The number of alkyl halides is 3. The lowest BCUT2D eigenvalue weighted by molar-refractivity contribution is -0.138. The van der Waals surface area contributed by atoms with Crippen LogP contribution in [0.1, 0.15) is 28.8 Å². The fourth-order valence-electron chi connectivity index (χ4n) is 3.65. The molecule has 1 saturated heterocycles. The highest BCUT2D eigenvalue weighted by Gasteiger charge is 2.37. The predicted molar refractivity (Wildman–Crippen MR) is 101 cm³/mol. The number of nitrogens with one attached hydrogen (secondary N) is 1. The molecule has 1 N–H and O–H groups in total. The average Bonchev–Trinajstić information content (AvgIpc) is 3.20. The van der Waals surface area contributed by atoms with Crippen LogP contribution in [0.4, 0.5) is 18.9 Å². The zero-order valence-corrected chi connectivity index (χ0v) is 15.9. The molecule has 2 aliphatic rings. The Bertz CT molecular complexity index is 969. The minimum atomic E-state index is -4.60.